The Morgan fingerprint density at radius 1 is 1.12 bits per heavy atom. The van der Waals surface area contributed by atoms with Crippen LogP contribution in [0.2, 0.25) is 0 Å². The van der Waals surface area contributed by atoms with E-state index in [9.17, 15) is 9.59 Å². The summed E-state index contributed by atoms with van der Waals surface area (Å²) in [5.74, 6) is -0.589. The van der Waals surface area contributed by atoms with Gasteiger partial charge in [0.1, 0.15) is 0 Å². The molecule has 3 aromatic rings. The zero-order valence-corrected chi connectivity index (χ0v) is 15.0. The Bertz CT molecular complexity index is 909. The van der Waals surface area contributed by atoms with Crippen LogP contribution in [-0.2, 0) is 0 Å². The Balaban J connectivity index is 1.72. The molecule has 0 unspecified atom stereocenters. The summed E-state index contributed by atoms with van der Waals surface area (Å²) in [6.45, 7) is 1.87. The van der Waals surface area contributed by atoms with Crippen molar-refractivity contribution in [3.63, 3.8) is 0 Å². The molecule has 0 aliphatic heterocycles. The first-order valence-corrected chi connectivity index (χ1v) is 8.57. The number of carbonyl (C=O) groups is 2. The number of rotatable bonds is 4. The normalized spacial score (nSPS) is 10.5. The lowest BCUT2D eigenvalue weighted by Crippen LogP contribution is -2.16. The zero-order valence-electron chi connectivity index (χ0n) is 14.2. The SMILES string of the molecule is Cc1ccsc1C(=O)n1ccc(C(=O)Nc2ccc(N(C)C)cc2)n1. The van der Waals surface area contributed by atoms with E-state index in [4.69, 9.17) is 0 Å². The second-order valence-electron chi connectivity index (χ2n) is 5.78. The van der Waals surface area contributed by atoms with Crippen molar-refractivity contribution in [2.45, 2.75) is 6.92 Å². The van der Waals surface area contributed by atoms with Crippen molar-refractivity contribution in [2.75, 3.05) is 24.3 Å². The van der Waals surface area contributed by atoms with E-state index >= 15 is 0 Å². The molecule has 6 nitrogen and oxygen atoms in total. The summed E-state index contributed by atoms with van der Waals surface area (Å²) in [6.07, 6.45) is 1.51. The van der Waals surface area contributed by atoms with E-state index in [2.05, 4.69) is 10.4 Å². The third-order valence-corrected chi connectivity index (χ3v) is 4.73. The fraction of sp³-hybridized carbons (Fsp3) is 0.167. The number of thiophene rings is 1. The van der Waals surface area contributed by atoms with Gasteiger partial charge in [-0.25, -0.2) is 4.68 Å². The van der Waals surface area contributed by atoms with E-state index in [0.717, 1.165) is 11.3 Å². The van der Waals surface area contributed by atoms with Gasteiger partial charge in [0, 0.05) is 31.7 Å². The maximum absolute atomic E-state index is 12.4. The van der Waals surface area contributed by atoms with Crippen LogP contribution in [0.5, 0.6) is 0 Å². The van der Waals surface area contributed by atoms with Crippen molar-refractivity contribution < 1.29 is 9.59 Å². The van der Waals surface area contributed by atoms with Gasteiger partial charge >= 0.3 is 0 Å². The van der Waals surface area contributed by atoms with Gasteiger partial charge in [-0.05, 0) is 54.3 Å². The number of nitrogens with zero attached hydrogens (tertiary/aromatic N) is 3. The molecule has 0 aliphatic rings. The maximum Gasteiger partial charge on any atom is 0.288 e. The molecule has 2 heterocycles. The van der Waals surface area contributed by atoms with Crippen molar-refractivity contribution in [1.29, 1.82) is 0 Å². The standard InChI is InChI=1S/C18H18N4O2S/c1-12-9-11-25-16(12)18(24)22-10-8-15(20-22)17(23)19-13-4-6-14(7-5-13)21(2)3/h4-11H,1-3H3,(H,19,23). The largest absolute Gasteiger partial charge is 0.378 e. The van der Waals surface area contributed by atoms with Crippen molar-refractivity contribution in [3.8, 4) is 0 Å². The third-order valence-electron chi connectivity index (χ3n) is 3.73. The van der Waals surface area contributed by atoms with Gasteiger partial charge in [0.15, 0.2) is 5.69 Å². The van der Waals surface area contributed by atoms with E-state index in [1.54, 1.807) is 0 Å². The van der Waals surface area contributed by atoms with Crippen LogP contribution in [0.1, 0.15) is 25.7 Å². The lowest BCUT2D eigenvalue weighted by Gasteiger charge is -2.12. The number of hydrogen-bond donors (Lipinski definition) is 1. The Morgan fingerprint density at radius 2 is 1.84 bits per heavy atom. The van der Waals surface area contributed by atoms with E-state index in [0.29, 0.717) is 10.6 Å². The Morgan fingerprint density at radius 3 is 2.44 bits per heavy atom. The average Bonchev–Trinajstić information content (AvgIpc) is 3.24. The highest BCUT2D eigenvalue weighted by Crippen LogP contribution is 2.18. The summed E-state index contributed by atoms with van der Waals surface area (Å²) in [4.78, 5) is 27.3. The summed E-state index contributed by atoms with van der Waals surface area (Å²) in [5, 5.41) is 8.74. The molecular formula is C18H18N4O2S. The van der Waals surface area contributed by atoms with Gasteiger partial charge in [-0.1, -0.05) is 0 Å². The molecule has 0 bridgehead atoms. The van der Waals surface area contributed by atoms with Gasteiger partial charge in [-0.2, -0.15) is 5.10 Å². The maximum atomic E-state index is 12.4. The van der Waals surface area contributed by atoms with Gasteiger partial charge in [0.05, 0.1) is 4.88 Å². The summed E-state index contributed by atoms with van der Waals surface area (Å²) in [7, 11) is 3.90. The van der Waals surface area contributed by atoms with Crippen molar-refractivity contribution >= 4 is 34.5 Å². The molecule has 1 N–H and O–H groups in total. The molecular weight excluding hydrogens is 336 g/mol. The number of nitrogens with one attached hydrogen (secondary N) is 1. The number of benzene rings is 1. The quantitative estimate of drug-likeness (QED) is 0.781. The molecule has 7 heteroatoms. The molecule has 0 saturated heterocycles. The molecule has 1 amide bonds. The van der Waals surface area contributed by atoms with Crippen LogP contribution in [-0.4, -0.2) is 35.7 Å². The monoisotopic (exact) mass is 354 g/mol. The first kappa shape index (κ1) is 16.9. The smallest absolute Gasteiger partial charge is 0.288 e. The molecule has 0 aliphatic carbocycles. The third kappa shape index (κ3) is 3.61. The van der Waals surface area contributed by atoms with Crippen LogP contribution in [0.15, 0.2) is 48.0 Å². The summed E-state index contributed by atoms with van der Waals surface area (Å²) in [5.41, 5.74) is 2.81. The summed E-state index contributed by atoms with van der Waals surface area (Å²) in [6, 6.07) is 10.9. The topological polar surface area (TPSA) is 67.2 Å². The highest BCUT2D eigenvalue weighted by atomic mass is 32.1. The van der Waals surface area contributed by atoms with Crippen LogP contribution in [0.3, 0.4) is 0 Å². The van der Waals surface area contributed by atoms with Gasteiger partial charge in [-0.15, -0.1) is 11.3 Å². The molecule has 3 rings (SSSR count). The highest BCUT2D eigenvalue weighted by molar-refractivity contribution is 7.12. The van der Waals surface area contributed by atoms with Crippen LogP contribution < -0.4 is 10.2 Å². The van der Waals surface area contributed by atoms with Crippen LogP contribution >= 0.6 is 11.3 Å². The predicted octanol–water partition coefficient (Wildman–Crippen LogP) is 3.26. The molecule has 128 valence electrons. The Kier molecular flexibility index (Phi) is 4.67. The van der Waals surface area contributed by atoms with Gasteiger partial charge in [-0.3, -0.25) is 9.59 Å². The van der Waals surface area contributed by atoms with Crippen molar-refractivity contribution in [1.82, 2.24) is 9.78 Å². The lowest BCUT2D eigenvalue weighted by atomic mass is 10.2. The number of carbonyl (C=O) groups excluding carboxylic acids is 2. The summed E-state index contributed by atoms with van der Waals surface area (Å²) < 4.78 is 1.20. The molecule has 0 atom stereocenters. The number of aromatic nitrogens is 2. The molecule has 0 saturated carbocycles. The highest BCUT2D eigenvalue weighted by Gasteiger charge is 2.16. The van der Waals surface area contributed by atoms with E-state index in [1.807, 2.05) is 61.6 Å². The van der Waals surface area contributed by atoms with E-state index in [-0.39, 0.29) is 17.5 Å². The molecule has 25 heavy (non-hydrogen) atoms. The fourth-order valence-corrected chi connectivity index (χ4v) is 3.15. The summed E-state index contributed by atoms with van der Waals surface area (Å²) >= 11 is 1.36. The first-order valence-electron chi connectivity index (χ1n) is 7.69. The van der Waals surface area contributed by atoms with Crippen molar-refractivity contribution in [3.05, 3.63) is 64.1 Å². The molecule has 1 aromatic carbocycles. The minimum atomic E-state index is -0.355. The minimum Gasteiger partial charge on any atom is -0.378 e. The van der Waals surface area contributed by atoms with Gasteiger partial charge < -0.3 is 10.2 Å². The first-order chi connectivity index (χ1) is 12.0. The number of anilines is 2. The molecule has 2 aromatic heterocycles. The molecule has 0 fully saturated rings. The van der Waals surface area contributed by atoms with Crippen LogP contribution in [0.25, 0.3) is 0 Å². The number of hydrogen-bond acceptors (Lipinski definition) is 5. The molecule has 0 spiro atoms. The zero-order chi connectivity index (χ0) is 18.0. The predicted molar refractivity (Wildman–Crippen MR) is 99.7 cm³/mol. The van der Waals surface area contributed by atoms with E-state index in [1.165, 1.54) is 28.3 Å². The van der Waals surface area contributed by atoms with Gasteiger partial charge in [0.25, 0.3) is 11.8 Å². The Labute approximate surface area is 149 Å². The van der Waals surface area contributed by atoms with Gasteiger partial charge in [0.2, 0.25) is 0 Å². The number of amides is 1. The molecule has 0 radical (unpaired) electrons. The Hall–Kier alpha value is -2.93. The van der Waals surface area contributed by atoms with E-state index < -0.39 is 0 Å². The lowest BCUT2D eigenvalue weighted by molar-refractivity contribution is 0.0947. The second-order valence-corrected chi connectivity index (χ2v) is 6.69. The average molecular weight is 354 g/mol. The van der Waals surface area contributed by atoms with Crippen molar-refractivity contribution in [2.24, 2.45) is 0 Å². The fourth-order valence-electron chi connectivity index (χ4n) is 2.29. The van der Waals surface area contributed by atoms with Crippen LogP contribution in [0.4, 0.5) is 11.4 Å². The number of aryl methyl sites for hydroxylation is 1. The second kappa shape index (κ2) is 6.90. The van der Waals surface area contributed by atoms with Crippen LogP contribution in [0, 0.1) is 6.92 Å². The minimum absolute atomic E-state index is 0.194.